The number of rotatable bonds is 5. The summed E-state index contributed by atoms with van der Waals surface area (Å²) in [5.41, 5.74) is 2.24. The van der Waals surface area contributed by atoms with Gasteiger partial charge >= 0.3 is 0 Å². The number of hydrogen-bond acceptors (Lipinski definition) is 3. The van der Waals surface area contributed by atoms with Crippen LogP contribution < -0.4 is 4.72 Å². The average Bonchev–Trinajstić information content (AvgIpc) is 2.80. The highest BCUT2D eigenvalue weighted by atomic mass is 32.2. The molecule has 0 aliphatic heterocycles. The maximum absolute atomic E-state index is 12.5. The molecule has 0 radical (unpaired) electrons. The molecule has 2 aromatic rings. The highest BCUT2D eigenvalue weighted by Gasteiger charge is 2.21. The molecule has 0 spiro atoms. The number of aryl methyl sites for hydroxylation is 2. The number of hydrogen-bond donors (Lipinski definition) is 1. The minimum Gasteiger partial charge on any atom is -0.279 e. The zero-order valence-electron chi connectivity index (χ0n) is 11.9. The number of nitrogens with one attached hydrogen (secondary N) is 1. The van der Waals surface area contributed by atoms with Crippen molar-refractivity contribution in [2.24, 2.45) is 0 Å². The Morgan fingerprint density at radius 3 is 2.55 bits per heavy atom. The summed E-state index contributed by atoms with van der Waals surface area (Å²) in [6, 6.07) is 7.41. The first-order chi connectivity index (χ1) is 9.49. The summed E-state index contributed by atoms with van der Waals surface area (Å²) in [4.78, 5) is 0.227. The quantitative estimate of drug-likeness (QED) is 0.921. The molecule has 0 atom stereocenters. The van der Waals surface area contributed by atoms with Crippen molar-refractivity contribution in [1.82, 2.24) is 9.78 Å². The van der Waals surface area contributed by atoms with Crippen molar-refractivity contribution in [2.75, 3.05) is 4.72 Å². The standard InChI is InChI=1S/C14H19N3O2S/c1-4-12-8-6-7-9-13(12)16-20(18,19)14-10-15-17(5-2)11(14)3/h6-10,16H,4-5H2,1-3H3. The second-order valence-electron chi connectivity index (χ2n) is 4.53. The van der Waals surface area contributed by atoms with Gasteiger partial charge in [-0.1, -0.05) is 25.1 Å². The second-order valence-corrected chi connectivity index (χ2v) is 6.18. The number of anilines is 1. The summed E-state index contributed by atoms with van der Waals surface area (Å²) in [6.45, 7) is 6.33. The van der Waals surface area contributed by atoms with Gasteiger partial charge in [0, 0.05) is 6.54 Å². The van der Waals surface area contributed by atoms with Crippen LogP contribution in [0.3, 0.4) is 0 Å². The van der Waals surface area contributed by atoms with Gasteiger partial charge in [0.1, 0.15) is 4.90 Å². The van der Waals surface area contributed by atoms with Gasteiger partial charge in [-0.05, 0) is 31.9 Å². The largest absolute Gasteiger partial charge is 0.279 e. The van der Waals surface area contributed by atoms with E-state index in [0.717, 1.165) is 12.0 Å². The van der Waals surface area contributed by atoms with Crippen molar-refractivity contribution in [2.45, 2.75) is 38.6 Å². The third-order valence-corrected chi connectivity index (χ3v) is 4.76. The van der Waals surface area contributed by atoms with Crippen LogP contribution in [0.25, 0.3) is 0 Å². The van der Waals surface area contributed by atoms with Crippen molar-refractivity contribution in [3.05, 3.63) is 41.7 Å². The summed E-state index contributed by atoms with van der Waals surface area (Å²) < 4.78 is 29.2. The average molecular weight is 293 g/mol. The molecule has 0 fully saturated rings. The summed E-state index contributed by atoms with van der Waals surface area (Å²) >= 11 is 0. The van der Waals surface area contributed by atoms with E-state index >= 15 is 0 Å². The van der Waals surface area contributed by atoms with E-state index in [4.69, 9.17) is 0 Å². The van der Waals surface area contributed by atoms with Gasteiger partial charge in [0.2, 0.25) is 0 Å². The Kier molecular flexibility index (Phi) is 4.13. The van der Waals surface area contributed by atoms with Gasteiger partial charge in [-0.25, -0.2) is 8.42 Å². The van der Waals surface area contributed by atoms with E-state index in [1.165, 1.54) is 6.20 Å². The summed E-state index contributed by atoms with van der Waals surface area (Å²) in [7, 11) is -3.60. The van der Waals surface area contributed by atoms with Crippen LogP contribution >= 0.6 is 0 Å². The molecule has 0 unspecified atom stereocenters. The Labute approximate surface area is 119 Å². The van der Waals surface area contributed by atoms with E-state index in [1.807, 2.05) is 32.0 Å². The number of sulfonamides is 1. The van der Waals surface area contributed by atoms with Crippen LogP contribution in [0.4, 0.5) is 5.69 Å². The van der Waals surface area contributed by atoms with E-state index in [1.54, 1.807) is 17.7 Å². The molecule has 108 valence electrons. The topological polar surface area (TPSA) is 64.0 Å². The summed E-state index contributed by atoms with van der Waals surface area (Å²) in [5.74, 6) is 0. The molecule has 5 nitrogen and oxygen atoms in total. The van der Waals surface area contributed by atoms with Crippen LogP contribution in [0.2, 0.25) is 0 Å². The fraction of sp³-hybridized carbons (Fsp3) is 0.357. The minimum atomic E-state index is -3.60. The normalized spacial score (nSPS) is 11.6. The Hall–Kier alpha value is -1.82. The van der Waals surface area contributed by atoms with Crippen molar-refractivity contribution in [3.63, 3.8) is 0 Å². The SMILES string of the molecule is CCc1ccccc1NS(=O)(=O)c1cnn(CC)c1C. The van der Waals surface area contributed by atoms with Gasteiger partial charge in [0.05, 0.1) is 17.6 Å². The summed E-state index contributed by atoms with van der Waals surface area (Å²) in [5, 5.41) is 4.08. The Balaban J connectivity index is 2.38. The van der Waals surface area contributed by atoms with Gasteiger partial charge in [-0.15, -0.1) is 0 Å². The third kappa shape index (κ3) is 2.70. The molecule has 0 amide bonds. The molecule has 6 heteroatoms. The predicted octanol–water partition coefficient (Wildman–Crippen LogP) is 2.57. The first kappa shape index (κ1) is 14.6. The van der Waals surface area contributed by atoms with Crippen molar-refractivity contribution < 1.29 is 8.42 Å². The van der Waals surface area contributed by atoms with E-state index in [9.17, 15) is 8.42 Å². The van der Waals surface area contributed by atoms with E-state index in [0.29, 0.717) is 17.9 Å². The first-order valence-electron chi connectivity index (χ1n) is 6.62. The monoisotopic (exact) mass is 293 g/mol. The Morgan fingerprint density at radius 2 is 1.95 bits per heavy atom. The molecule has 0 aliphatic carbocycles. The van der Waals surface area contributed by atoms with Gasteiger partial charge in [-0.3, -0.25) is 9.40 Å². The summed E-state index contributed by atoms with van der Waals surface area (Å²) in [6.07, 6.45) is 2.17. The molecule has 1 aromatic heterocycles. The zero-order valence-corrected chi connectivity index (χ0v) is 12.7. The third-order valence-electron chi connectivity index (χ3n) is 3.29. The lowest BCUT2D eigenvalue weighted by Crippen LogP contribution is -2.15. The lowest BCUT2D eigenvalue weighted by atomic mass is 10.1. The number of para-hydroxylation sites is 1. The Morgan fingerprint density at radius 1 is 1.25 bits per heavy atom. The highest BCUT2D eigenvalue weighted by Crippen LogP contribution is 2.22. The molecule has 2 rings (SSSR count). The molecule has 1 aromatic carbocycles. The fourth-order valence-electron chi connectivity index (χ4n) is 2.14. The van der Waals surface area contributed by atoms with E-state index < -0.39 is 10.0 Å². The zero-order chi connectivity index (χ0) is 14.8. The van der Waals surface area contributed by atoms with Crippen LogP contribution in [0.15, 0.2) is 35.4 Å². The van der Waals surface area contributed by atoms with Crippen molar-refractivity contribution >= 4 is 15.7 Å². The van der Waals surface area contributed by atoms with Gasteiger partial charge in [-0.2, -0.15) is 5.10 Å². The molecule has 0 bridgehead atoms. The molecule has 0 aliphatic rings. The van der Waals surface area contributed by atoms with E-state index in [2.05, 4.69) is 9.82 Å². The smallest absolute Gasteiger partial charge is 0.265 e. The molecule has 1 N–H and O–H groups in total. The van der Waals surface area contributed by atoms with Crippen molar-refractivity contribution in [3.8, 4) is 0 Å². The molecular weight excluding hydrogens is 274 g/mol. The fourth-order valence-corrected chi connectivity index (χ4v) is 3.42. The first-order valence-corrected chi connectivity index (χ1v) is 8.11. The van der Waals surface area contributed by atoms with Crippen LogP contribution in [-0.4, -0.2) is 18.2 Å². The lowest BCUT2D eigenvalue weighted by molar-refractivity contribution is 0.598. The van der Waals surface area contributed by atoms with Crippen LogP contribution in [0.5, 0.6) is 0 Å². The number of benzene rings is 1. The lowest BCUT2D eigenvalue weighted by Gasteiger charge is -2.11. The Bertz CT molecular complexity index is 705. The maximum atomic E-state index is 12.5. The van der Waals surface area contributed by atoms with Gasteiger partial charge in [0.15, 0.2) is 0 Å². The molecular formula is C14H19N3O2S. The molecule has 20 heavy (non-hydrogen) atoms. The van der Waals surface area contributed by atoms with Crippen molar-refractivity contribution in [1.29, 1.82) is 0 Å². The highest BCUT2D eigenvalue weighted by molar-refractivity contribution is 7.92. The molecule has 1 heterocycles. The number of nitrogens with zero attached hydrogens (tertiary/aromatic N) is 2. The molecule has 0 saturated heterocycles. The maximum Gasteiger partial charge on any atom is 0.265 e. The van der Waals surface area contributed by atoms with Gasteiger partial charge in [0.25, 0.3) is 10.0 Å². The second kappa shape index (κ2) is 5.66. The minimum absolute atomic E-state index is 0.227. The van der Waals surface area contributed by atoms with Crippen LogP contribution in [-0.2, 0) is 23.0 Å². The van der Waals surface area contributed by atoms with E-state index in [-0.39, 0.29) is 4.90 Å². The van der Waals surface area contributed by atoms with Gasteiger partial charge < -0.3 is 0 Å². The predicted molar refractivity (Wildman–Crippen MR) is 79.3 cm³/mol. The van der Waals surface area contributed by atoms with Crippen LogP contribution in [0, 0.1) is 6.92 Å². The van der Waals surface area contributed by atoms with Crippen LogP contribution in [0.1, 0.15) is 25.1 Å². The molecule has 0 saturated carbocycles. The number of aromatic nitrogens is 2.